The van der Waals surface area contributed by atoms with Gasteiger partial charge in [0.1, 0.15) is 18.0 Å². The number of pyridine rings is 1. The average molecular weight is 412 g/mol. The Morgan fingerprint density at radius 1 is 1.10 bits per heavy atom. The van der Waals surface area contributed by atoms with Gasteiger partial charge >= 0.3 is 0 Å². The molecule has 2 aromatic heterocycles. The van der Waals surface area contributed by atoms with E-state index in [4.69, 9.17) is 4.74 Å². The first-order chi connectivity index (χ1) is 15.2. The van der Waals surface area contributed by atoms with Gasteiger partial charge in [0, 0.05) is 31.4 Å². The number of carbonyl (C=O) groups is 1. The van der Waals surface area contributed by atoms with E-state index < -0.39 is 0 Å². The molecule has 4 aromatic rings. The van der Waals surface area contributed by atoms with Crippen molar-refractivity contribution in [2.45, 2.75) is 20.0 Å². The molecule has 0 aliphatic rings. The Bertz CT molecular complexity index is 1180. The molecule has 2 heterocycles. The van der Waals surface area contributed by atoms with Crippen LogP contribution in [0.5, 0.6) is 5.75 Å². The Labute approximate surface area is 182 Å². The third-order valence-electron chi connectivity index (χ3n) is 4.90. The molecule has 31 heavy (non-hydrogen) atoms. The number of amides is 1. The molecular formula is C26H25N3O2. The second-order valence-corrected chi connectivity index (χ2v) is 7.42. The molecule has 0 aliphatic heterocycles. The highest BCUT2D eigenvalue weighted by atomic mass is 16.5. The Balaban J connectivity index is 1.22. The van der Waals surface area contributed by atoms with Gasteiger partial charge in [0.15, 0.2) is 0 Å². The summed E-state index contributed by atoms with van der Waals surface area (Å²) in [4.78, 5) is 16.7. The van der Waals surface area contributed by atoms with E-state index in [1.807, 2.05) is 90.4 Å². The molecule has 0 saturated heterocycles. The molecule has 1 amide bonds. The highest BCUT2D eigenvalue weighted by molar-refractivity contribution is 5.91. The molecule has 0 atom stereocenters. The van der Waals surface area contributed by atoms with E-state index in [0.717, 1.165) is 28.2 Å². The maximum absolute atomic E-state index is 12.1. The highest BCUT2D eigenvalue weighted by Crippen LogP contribution is 2.15. The number of ether oxygens (including phenoxy) is 1. The van der Waals surface area contributed by atoms with Crippen LogP contribution in [0.15, 0.2) is 85.2 Å². The van der Waals surface area contributed by atoms with Crippen LogP contribution in [-0.2, 0) is 17.8 Å². The molecule has 5 nitrogen and oxygen atoms in total. The van der Waals surface area contributed by atoms with Gasteiger partial charge in [-0.3, -0.25) is 4.79 Å². The third kappa shape index (κ3) is 5.82. The van der Waals surface area contributed by atoms with Gasteiger partial charge in [0.2, 0.25) is 5.91 Å². The number of fused-ring (bicyclic) bond motifs is 1. The van der Waals surface area contributed by atoms with E-state index in [1.54, 1.807) is 12.2 Å². The van der Waals surface area contributed by atoms with Gasteiger partial charge in [0.05, 0.1) is 5.69 Å². The number of nitrogens with one attached hydrogen (secondary N) is 1. The molecule has 0 bridgehead atoms. The summed E-state index contributed by atoms with van der Waals surface area (Å²) in [5, 5.41) is 2.91. The van der Waals surface area contributed by atoms with Crippen molar-refractivity contribution < 1.29 is 9.53 Å². The predicted octanol–water partition coefficient (Wildman–Crippen LogP) is 4.59. The van der Waals surface area contributed by atoms with Crippen LogP contribution in [0.1, 0.15) is 22.4 Å². The number of aromatic nitrogens is 2. The summed E-state index contributed by atoms with van der Waals surface area (Å²) in [6.07, 6.45) is 8.03. The van der Waals surface area contributed by atoms with Crippen LogP contribution in [0.25, 0.3) is 11.7 Å². The fraction of sp³-hybridized carbons (Fsp3) is 0.154. The van der Waals surface area contributed by atoms with Crippen molar-refractivity contribution >= 4 is 17.6 Å². The van der Waals surface area contributed by atoms with Crippen molar-refractivity contribution in [1.29, 1.82) is 0 Å². The number of rotatable bonds is 8. The van der Waals surface area contributed by atoms with E-state index in [-0.39, 0.29) is 5.91 Å². The molecule has 5 heteroatoms. The number of carbonyl (C=O) groups excluding carboxylic acids is 1. The molecule has 0 saturated carbocycles. The minimum atomic E-state index is -0.121. The first-order valence-corrected chi connectivity index (χ1v) is 10.3. The summed E-state index contributed by atoms with van der Waals surface area (Å²) in [5.74, 6) is 0.678. The van der Waals surface area contributed by atoms with Crippen molar-refractivity contribution in [3.05, 3.63) is 108 Å². The van der Waals surface area contributed by atoms with Gasteiger partial charge in [-0.15, -0.1) is 0 Å². The number of hydrogen-bond donors (Lipinski definition) is 1. The molecular weight excluding hydrogens is 386 g/mol. The Morgan fingerprint density at radius 3 is 2.71 bits per heavy atom. The Hall–Kier alpha value is -3.86. The monoisotopic (exact) mass is 411 g/mol. The Kier molecular flexibility index (Phi) is 6.43. The van der Waals surface area contributed by atoms with E-state index in [2.05, 4.69) is 10.3 Å². The quantitative estimate of drug-likeness (QED) is 0.431. The summed E-state index contributed by atoms with van der Waals surface area (Å²) in [7, 11) is 0. The lowest BCUT2D eigenvalue weighted by Crippen LogP contribution is -2.23. The van der Waals surface area contributed by atoms with Crippen molar-refractivity contribution in [2.24, 2.45) is 0 Å². The summed E-state index contributed by atoms with van der Waals surface area (Å²) in [5.41, 5.74) is 5.14. The summed E-state index contributed by atoms with van der Waals surface area (Å²) >= 11 is 0. The van der Waals surface area contributed by atoms with Crippen LogP contribution in [-0.4, -0.2) is 21.8 Å². The minimum Gasteiger partial charge on any atom is -0.489 e. The molecule has 4 rings (SSSR count). The maximum Gasteiger partial charge on any atom is 0.244 e. The second kappa shape index (κ2) is 9.76. The molecule has 0 radical (unpaired) electrons. The van der Waals surface area contributed by atoms with Crippen molar-refractivity contribution in [1.82, 2.24) is 14.7 Å². The van der Waals surface area contributed by atoms with Gasteiger partial charge < -0.3 is 14.5 Å². The number of aryl methyl sites for hydroxylation is 1. The van der Waals surface area contributed by atoms with E-state index >= 15 is 0 Å². The van der Waals surface area contributed by atoms with Crippen LogP contribution in [0, 0.1) is 6.92 Å². The zero-order valence-electron chi connectivity index (χ0n) is 17.5. The number of benzene rings is 2. The molecule has 0 fully saturated rings. The molecule has 0 unspecified atom stereocenters. The molecule has 0 spiro atoms. The van der Waals surface area contributed by atoms with Gasteiger partial charge in [-0.1, -0.05) is 42.5 Å². The first kappa shape index (κ1) is 20.4. The van der Waals surface area contributed by atoms with Crippen LogP contribution in [0.2, 0.25) is 0 Å². The topological polar surface area (TPSA) is 55.6 Å². The lowest BCUT2D eigenvalue weighted by atomic mass is 10.2. The molecule has 2 aromatic carbocycles. The van der Waals surface area contributed by atoms with Crippen molar-refractivity contribution in [3.8, 4) is 5.75 Å². The summed E-state index contributed by atoms with van der Waals surface area (Å²) < 4.78 is 7.78. The Morgan fingerprint density at radius 2 is 1.90 bits per heavy atom. The molecule has 156 valence electrons. The van der Waals surface area contributed by atoms with Crippen molar-refractivity contribution in [3.63, 3.8) is 0 Å². The zero-order chi connectivity index (χ0) is 21.5. The highest BCUT2D eigenvalue weighted by Gasteiger charge is 2.03. The van der Waals surface area contributed by atoms with Crippen molar-refractivity contribution in [2.75, 3.05) is 6.54 Å². The third-order valence-corrected chi connectivity index (χ3v) is 4.90. The fourth-order valence-electron chi connectivity index (χ4n) is 3.22. The number of hydrogen-bond acceptors (Lipinski definition) is 3. The lowest BCUT2D eigenvalue weighted by molar-refractivity contribution is -0.116. The minimum absolute atomic E-state index is 0.121. The average Bonchev–Trinajstić information content (AvgIpc) is 3.19. The van der Waals surface area contributed by atoms with Crippen LogP contribution < -0.4 is 10.1 Å². The number of nitrogens with zero attached hydrogens (tertiary/aromatic N) is 2. The zero-order valence-corrected chi connectivity index (χ0v) is 17.5. The van der Waals surface area contributed by atoms with Gasteiger partial charge in [-0.25, -0.2) is 4.98 Å². The standard InChI is InChI=1S/C26H25N3O2/c1-20-14-16-29-18-23(28-25(29)17-20)13-15-27-26(30)12-9-21-7-10-24(11-8-21)31-19-22-5-3-2-4-6-22/h2-12,14,16-18H,13,15,19H2,1H3,(H,27,30)/b12-9+. The van der Waals surface area contributed by atoms with Crippen LogP contribution in [0.3, 0.4) is 0 Å². The summed E-state index contributed by atoms with van der Waals surface area (Å²) in [6.45, 7) is 3.12. The molecule has 1 N–H and O–H groups in total. The smallest absolute Gasteiger partial charge is 0.244 e. The van der Waals surface area contributed by atoms with Crippen LogP contribution >= 0.6 is 0 Å². The number of imidazole rings is 1. The van der Waals surface area contributed by atoms with E-state index in [9.17, 15) is 4.79 Å². The first-order valence-electron chi connectivity index (χ1n) is 10.3. The van der Waals surface area contributed by atoms with Gasteiger partial charge in [-0.2, -0.15) is 0 Å². The van der Waals surface area contributed by atoms with E-state index in [1.165, 1.54) is 5.56 Å². The fourth-order valence-corrected chi connectivity index (χ4v) is 3.22. The predicted molar refractivity (Wildman–Crippen MR) is 123 cm³/mol. The second-order valence-electron chi connectivity index (χ2n) is 7.42. The maximum atomic E-state index is 12.1. The lowest BCUT2D eigenvalue weighted by Gasteiger charge is -2.06. The van der Waals surface area contributed by atoms with E-state index in [0.29, 0.717) is 19.6 Å². The molecule has 0 aliphatic carbocycles. The van der Waals surface area contributed by atoms with Gasteiger partial charge in [0.25, 0.3) is 0 Å². The SMILES string of the molecule is Cc1ccn2cc(CCNC(=O)/C=C/c3ccc(OCc4ccccc4)cc3)nc2c1. The van der Waals surface area contributed by atoms with Crippen LogP contribution in [0.4, 0.5) is 0 Å². The summed E-state index contributed by atoms with van der Waals surface area (Å²) in [6, 6.07) is 21.8. The largest absolute Gasteiger partial charge is 0.489 e. The normalized spacial score (nSPS) is 11.1. The van der Waals surface area contributed by atoms with Gasteiger partial charge in [-0.05, 0) is 54.0 Å².